The molecule has 4 N–H and O–H groups in total. The molecule has 2 aromatic carbocycles. The topological polar surface area (TPSA) is 84.2 Å². The Labute approximate surface area is 144 Å². The van der Waals surface area contributed by atoms with Gasteiger partial charge in [0, 0.05) is 11.1 Å². The van der Waals surface area contributed by atoms with Gasteiger partial charge in [0.1, 0.15) is 11.6 Å². The number of primary amides is 1. The highest BCUT2D eigenvalue weighted by Crippen LogP contribution is 2.21. The summed E-state index contributed by atoms with van der Waals surface area (Å²) in [7, 11) is 0. The summed E-state index contributed by atoms with van der Waals surface area (Å²) in [5.74, 6) is -1.47. The van der Waals surface area contributed by atoms with Crippen molar-refractivity contribution in [2.24, 2.45) is 5.73 Å². The van der Waals surface area contributed by atoms with Crippen molar-refractivity contribution in [3.63, 3.8) is 0 Å². The van der Waals surface area contributed by atoms with Gasteiger partial charge in [-0.25, -0.2) is 13.6 Å². The van der Waals surface area contributed by atoms with Crippen molar-refractivity contribution in [3.05, 3.63) is 71.3 Å². The van der Waals surface area contributed by atoms with Crippen molar-refractivity contribution in [3.8, 4) is 0 Å². The fraction of sp³-hybridized carbons (Fsp3) is 0.222. The lowest BCUT2D eigenvalue weighted by molar-refractivity contribution is -0.122. The Morgan fingerprint density at radius 1 is 0.960 bits per heavy atom. The molecule has 2 atom stereocenters. The molecule has 0 spiro atoms. The van der Waals surface area contributed by atoms with Crippen molar-refractivity contribution >= 4 is 11.9 Å². The Kier molecular flexibility index (Phi) is 6.05. The van der Waals surface area contributed by atoms with E-state index in [0.717, 1.165) is 0 Å². The van der Waals surface area contributed by atoms with Crippen molar-refractivity contribution in [1.29, 1.82) is 0 Å². The zero-order chi connectivity index (χ0) is 18.4. The van der Waals surface area contributed by atoms with Gasteiger partial charge >= 0.3 is 6.03 Å². The second kappa shape index (κ2) is 8.23. The molecule has 7 heteroatoms. The summed E-state index contributed by atoms with van der Waals surface area (Å²) < 4.78 is 27.7. The maximum atomic E-state index is 13.9. The van der Waals surface area contributed by atoms with E-state index in [1.807, 2.05) is 0 Å². The van der Waals surface area contributed by atoms with Crippen LogP contribution >= 0.6 is 0 Å². The van der Waals surface area contributed by atoms with Gasteiger partial charge in [0.2, 0.25) is 5.91 Å². The average Bonchev–Trinajstić information content (AvgIpc) is 2.54. The van der Waals surface area contributed by atoms with Crippen LogP contribution in [0.5, 0.6) is 0 Å². The molecule has 0 radical (unpaired) electrons. The first kappa shape index (κ1) is 18.4. The third-order valence-electron chi connectivity index (χ3n) is 3.74. The van der Waals surface area contributed by atoms with Crippen LogP contribution in [0.15, 0.2) is 48.5 Å². The normalized spacial score (nSPS) is 12.9. The smallest absolute Gasteiger partial charge is 0.312 e. The van der Waals surface area contributed by atoms with Gasteiger partial charge < -0.3 is 16.4 Å². The molecule has 2 aromatic rings. The molecule has 3 amide bonds. The third kappa shape index (κ3) is 5.00. The molecule has 2 rings (SSSR count). The minimum atomic E-state index is -0.925. The number of urea groups is 1. The Balaban J connectivity index is 2.11. The number of benzene rings is 2. The lowest BCUT2D eigenvalue weighted by atomic mass is 10.0. The van der Waals surface area contributed by atoms with Crippen molar-refractivity contribution in [2.75, 3.05) is 0 Å². The highest BCUT2D eigenvalue weighted by molar-refractivity contribution is 5.79. The van der Waals surface area contributed by atoms with Crippen LogP contribution in [0.3, 0.4) is 0 Å². The second-order valence-corrected chi connectivity index (χ2v) is 5.60. The summed E-state index contributed by atoms with van der Waals surface area (Å²) in [6, 6.07) is 9.49. The molecule has 0 unspecified atom stereocenters. The van der Waals surface area contributed by atoms with E-state index >= 15 is 0 Å². The number of carbonyl (C=O) groups excluding carboxylic acids is 2. The SMILES string of the molecule is C[C@@H](NC(=O)C[C@H](NC(N)=O)c1ccccc1F)c1ccccc1F. The fourth-order valence-corrected chi connectivity index (χ4v) is 2.56. The second-order valence-electron chi connectivity index (χ2n) is 5.60. The maximum absolute atomic E-state index is 13.9. The van der Waals surface area contributed by atoms with E-state index in [0.29, 0.717) is 5.56 Å². The maximum Gasteiger partial charge on any atom is 0.312 e. The predicted octanol–water partition coefficient (Wildman–Crippen LogP) is 2.94. The minimum absolute atomic E-state index is 0.148. The van der Waals surface area contributed by atoms with Gasteiger partial charge in [0.05, 0.1) is 18.5 Å². The van der Waals surface area contributed by atoms with Crippen LogP contribution in [0.25, 0.3) is 0 Å². The highest BCUT2D eigenvalue weighted by Gasteiger charge is 2.22. The number of nitrogens with two attached hydrogens (primary N) is 1. The van der Waals surface area contributed by atoms with E-state index in [4.69, 9.17) is 5.73 Å². The largest absolute Gasteiger partial charge is 0.352 e. The molecule has 0 aromatic heterocycles. The van der Waals surface area contributed by atoms with Gasteiger partial charge in [-0.05, 0) is 19.1 Å². The highest BCUT2D eigenvalue weighted by atomic mass is 19.1. The van der Waals surface area contributed by atoms with Gasteiger partial charge in [0.15, 0.2) is 0 Å². The number of hydrogen-bond acceptors (Lipinski definition) is 2. The monoisotopic (exact) mass is 347 g/mol. The van der Waals surface area contributed by atoms with Gasteiger partial charge in [-0.2, -0.15) is 0 Å². The molecule has 0 fully saturated rings. The van der Waals surface area contributed by atoms with Crippen LogP contribution in [0.1, 0.15) is 36.6 Å². The first-order chi connectivity index (χ1) is 11.9. The first-order valence-electron chi connectivity index (χ1n) is 7.72. The van der Waals surface area contributed by atoms with Crippen molar-refractivity contribution in [2.45, 2.75) is 25.4 Å². The summed E-state index contributed by atoms with van der Waals surface area (Å²) in [6.07, 6.45) is -0.233. The van der Waals surface area contributed by atoms with Crippen LogP contribution in [0.4, 0.5) is 13.6 Å². The lowest BCUT2D eigenvalue weighted by Gasteiger charge is -2.20. The molecular weight excluding hydrogens is 328 g/mol. The lowest BCUT2D eigenvalue weighted by Crippen LogP contribution is -2.37. The molecule has 132 valence electrons. The van der Waals surface area contributed by atoms with Crippen LogP contribution in [-0.4, -0.2) is 11.9 Å². The van der Waals surface area contributed by atoms with Gasteiger partial charge in [0.25, 0.3) is 0 Å². The Hall–Kier alpha value is -2.96. The first-order valence-corrected chi connectivity index (χ1v) is 7.72. The molecule has 0 heterocycles. The molecular formula is C18H19F2N3O2. The standard InChI is InChI=1S/C18H19F2N3O2/c1-11(12-6-2-4-8-14(12)19)22-17(24)10-16(23-18(21)25)13-7-3-5-9-15(13)20/h2-9,11,16H,10H2,1H3,(H,22,24)(H3,21,23,25)/t11-,16+/m1/s1. The van der Waals surface area contributed by atoms with E-state index < -0.39 is 35.7 Å². The number of nitrogens with one attached hydrogen (secondary N) is 2. The third-order valence-corrected chi connectivity index (χ3v) is 3.74. The van der Waals surface area contributed by atoms with Gasteiger partial charge in [-0.15, -0.1) is 0 Å². The Bertz CT molecular complexity index is 767. The Morgan fingerprint density at radius 2 is 1.48 bits per heavy atom. The quantitative estimate of drug-likeness (QED) is 0.751. The Morgan fingerprint density at radius 3 is 2.00 bits per heavy atom. The molecule has 0 aliphatic carbocycles. The van der Waals surface area contributed by atoms with Crippen molar-refractivity contribution in [1.82, 2.24) is 10.6 Å². The van der Waals surface area contributed by atoms with E-state index in [1.54, 1.807) is 31.2 Å². The number of hydrogen-bond donors (Lipinski definition) is 3. The predicted molar refractivity (Wildman–Crippen MR) is 89.4 cm³/mol. The fourth-order valence-electron chi connectivity index (χ4n) is 2.56. The van der Waals surface area contributed by atoms with Crippen LogP contribution in [0.2, 0.25) is 0 Å². The summed E-state index contributed by atoms with van der Waals surface area (Å²) >= 11 is 0. The summed E-state index contributed by atoms with van der Waals surface area (Å²) in [5.41, 5.74) is 5.60. The molecule has 0 aliphatic rings. The zero-order valence-corrected chi connectivity index (χ0v) is 13.6. The van der Waals surface area contributed by atoms with Crippen molar-refractivity contribution < 1.29 is 18.4 Å². The zero-order valence-electron chi connectivity index (χ0n) is 13.6. The molecule has 25 heavy (non-hydrogen) atoms. The van der Waals surface area contributed by atoms with E-state index in [9.17, 15) is 18.4 Å². The van der Waals surface area contributed by atoms with Crippen LogP contribution in [-0.2, 0) is 4.79 Å². The van der Waals surface area contributed by atoms with E-state index in [-0.39, 0.29) is 12.0 Å². The van der Waals surface area contributed by atoms with Crippen LogP contribution in [0, 0.1) is 11.6 Å². The van der Waals surface area contributed by atoms with Gasteiger partial charge in [-0.1, -0.05) is 36.4 Å². The van der Waals surface area contributed by atoms with Crippen LogP contribution < -0.4 is 16.4 Å². The summed E-state index contributed by atoms with van der Waals surface area (Å²) in [4.78, 5) is 23.4. The number of halogens is 2. The summed E-state index contributed by atoms with van der Waals surface area (Å²) in [5, 5.41) is 4.99. The van der Waals surface area contributed by atoms with E-state index in [1.165, 1.54) is 24.3 Å². The number of rotatable bonds is 6. The molecule has 0 saturated heterocycles. The van der Waals surface area contributed by atoms with Gasteiger partial charge in [-0.3, -0.25) is 4.79 Å². The minimum Gasteiger partial charge on any atom is -0.352 e. The van der Waals surface area contributed by atoms with E-state index in [2.05, 4.69) is 10.6 Å². The summed E-state index contributed by atoms with van der Waals surface area (Å²) in [6.45, 7) is 1.63. The average molecular weight is 347 g/mol. The molecule has 0 aliphatic heterocycles. The molecule has 0 bridgehead atoms. The number of amides is 3. The number of carbonyl (C=O) groups is 2. The molecule has 5 nitrogen and oxygen atoms in total. The molecule has 0 saturated carbocycles.